The normalized spacial score (nSPS) is 29.1. The van der Waals surface area contributed by atoms with E-state index in [1.54, 1.807) is 24.3 Å². The van der Waals surface area contributed by atoms with Crippen LogP contribution in [0.25, 0.3) is 0 Å². The molecule has 3 aliphatic rings. The van der Waals surface area contributed by atoms with Crippen molar-refractivity contribution in [1.82, 2.24) is 14.5 Å². The lowest BCUT2D eigenvalue weighted by Gasteiger charge is -2.43. The summed E-state index contributed by atoms with van der Waals surface area (Å²) >= 11 is 0. The molecule has 1 aromatic rings. The molecule has 196 valence electrons. The third-order valence-corrected chi connectivity index (χ3v) is 9.08. The highest BCUT2D eigenvalue weighted by atomic mass is 32.2. The number of hydrogen-bond acceptors (Lipinski definition) is 7. The minimum absolute atomic E-state index is 0.0359. The summed E-state index contributed by atoms with van der Waals surface area (Å²) in [4.78, 5) is 15.1. The van der Waals surface area contributed by atoms with Gasteiger partial charge in [0.1, 0.15) is 0 Å². The van der Waals surface area contributed by atoms with E-state index in [-0.39, 0.29) is 43.1 Å². The van der Waals surface area contributed by atoms with E-state index < -0.39 is 28.3 Å². The predicted molar refractivity (Wildman–Crippen MR) is 131 cm³/mol. The van der Waals surface area contributed by atoms with E-state index in [0.29, 0.717) is 19.4 Å². The smallest absolute Gasteiger partial charge is 0.243 e. The average Bonchev–Trinajstić information content (AvgIpc) is 2.83. The Morgan fingerprint density at radius 1 is 1.11 bits per heavy atom. The van der Waals surface area contributed by atoms with Gasteiger partial charge in [-0.2, -0.15) is 4.31 Å². The molecule has 2 N–H and O–H groups in total. The van der Waals surface area contributed by atoms with Crippen molar-refractivity contribution in [3.63, 3.8) is 0 Å². The average molecular weight is 510 g/mol. The fourth-order valence-corrected chi connectivity index (χ4v) is 6.95. The lowest BCUT2D eigenvalue weighted by atomic mass is 9.96. The van der Waals surface area contributed by atoms with E-state index in [0.717, 1.165) is 25.2 Å². The van der Waals surface area contributed by atoms with Gasteiger partial charge in [0.2, 0.25) is 15.9 Å². The van der Waals surface area contributed by atoms with Crippen LogP contribution in [0.3, 0.4) is 0 Å². The zero-order valence-corrected chi connectivity index (χ0v) is 21.4. The van der Waals surface area contributed by atoms with E-state index in [1.165, 1.54) is 23.6 Å². The fraction of sp³-hybridized carbons (Fsp3) is 0.720. The number of sulfonamides is 1. The SMILES string of the molecule is Cc1ccc(S(=O)(=O)N2C[C@H](O)COC[C@@H]3O[C@@H](CC(=O)NCCN4CCCCC4)CC[C@H]32)cc1. The summed E-state index contributed by atoms with van der Waals surface area (Å²) in [7, 11) is -3.83. The van der Waals surface area contributed by atoms with Crippen molar-refractivity contribution in [2.45, 2.75) is 74.7 Å². The van der Waals surface area contributed by atoms with E-state index in [4.69, 9.17) is 9.47 Å². The van der Waals surface area contributed by atoms with Gasteiger partial charge in [-0.1, -0.05) is 24.1 Å². The molecule has 10 heteroatoms. The van der Waals surface area contributed by atoms with Gasteiger partial charge in [0.15, 0.2) is 0 Å². The minimum atomic E-state index is -3.83. The maximum Gasteiger partial charge on any atom is 0.243 e. The molecular weight excluding hydrogens is 470 g/mol. The number of carbonyl (C=O) groups excluding carboxylic acids is 1. The highest BCUT2D eigenvalue weighted by Gasteiger charge is 2.43. The van der Waals surface area contributed by atoms with Gasteiger partial charge in [-0.25, -0.2) is 8.42 Å². The molecule has 3 fully saturated rings. The Hall–Kier alpha value is -1.56. The molecule has 3 heterocycles. The van der Waals surface area contributed by atoms with Crippen LogP contribution in [0, 0.1) is 6.92 Å². The van der Waals surface area contributed by atoms with E-state index >= 15 is 0 Å². The maximum absolute atomic E-state index is 13.5. The van der Waals surface area contributed by atoms with Crippen molar-refractivity contribution in [1.29, 1.82) is 0 Å². The van der Waals surface area contributed by atoms with Crippen molar-refractivity contribution >= 4 is 15.9 Å². The highest BCUT2D eigenvalue weighted by Crippen LogP contribution is 2.31. The van der Waals surface area contributed by atoms with Gasteiger partial charge in [0, 0.05) is 19.6 Å². The maximum atomic E-state index is 13.5. The largest absolute Gasteiger partial charge is 0.389 e. The van der Waals surface area contributed by atoms with Crippen LogP contribution in [-0.2, 0) is 24.3 Å². The molecule has 0 aromatic heterocycles. The molecule has 1 amide bonds. The first-order chi connectivity index (χ1) is 16.8. The molecule has 35 heavy (non-hydrogen) atoms. The number of nitrogens with one attached hydrogen (secondary N) is 1. The zero-order valence-electron chi connectivity index (χ0n) is 20.6. The van der Waals surface area contributed by atoms with Crippen LogP contribution in [0.1, 0.15) is 44.1 Å². The van der Waals surface area contributed by atoms with E-state index in [9.17, 15) is 18.3 Å². The lowest BCUT2D eigenvalue weighted by molar-refractivity contribution is -0.146. The number of fused-ring (bicyclic) bond motifs is 1. The van der Waals surface area contributed by atoms with Crippen LogP contribution in [0.4, 0.5) is 0 Å². The Bertz CT molecular complexity index is 935. The standard InChI is InChI=1S/C25H39N3O6S/c1-19-5-8-22(9-6-19)35(31,32)28-16-20(29)17-33-18-24-23(28)10-7-21(34-24)15-25(30)26-11-14-27-12-3-2-4-13-27/h5-6,8-9,20-21,23-24,29H,2-4,7,10-18H2,1H3,(H,26,30)/t20-,21+,23+,24-/m0/s1. The number of carbonyl (C=O) groups is 1. The first-order valence-corrected chi connectivity index (χ1v) is 14.3. The molecular formula is C25H39N3O6S. The van der Waals surface area contributed by atoms with Gasteiger partial charge >= 0.3 is 0 Å². The number of ether oxygens (including phenoxy) is 2. The van der Waals surface area contributed by atoms with Crippen molar-refractivity contribution in [3.8, 4) is 0 Å². The summed E-state index contributed by atoms with van der Waals surface area (Å²) in [5.41, 5.74) is 0.973. The van der Waals surface area contributed by atoms with Crippen molar-refractivity contribution < 1.29 is 27.8 Å². The highest BCUT2D eigenvalue weighted by molar-refractivity contribution is 7.89. The lowest BCUT2D eigenvalue weighted by Crippen LogP contribution is -2.57. The number of aliphatic hydroxyl groups is 1. The Labute approximate surface area is 208 Å². The number of rotatable bonds is 7. The Morgan fingerprint density at radius 2 is 1.86 bits per heavy atom. The summed E-state index contributed by atoms with van der Waals surface area (Å²) in [5.74, 6) is -0.0447. The molecule has 0 unspecified atom stereocenters. The number of hydrogen-bond donors (Lipinski definition) is 2. The number of piperidine rings is 1. The van der Waals surface area contributed by atoms with Crippen LogP contribution in [-0.4, -0.2) is 98.9 Å². The third kappa shape index (κ3) is 7.02. The Morgan fingerprint density at radius 3 is 2.60 bits per heavy atom. The first kappa shape index (κ1) is 26.5. The van der Waals surface area contributed by atoms with Crippen molar-refractivity contribution in [2.75, 3.05) is 45.9 Å². The molecule has 0 bridgehead atoms. The number of aliphatic hydroxyl groups excluding tert-OH is 1. The predicted octanol–water partition coefficient (Wildman–Crippen LogP) is 1.29. The van der Waals surface area contributed by atoms with Crippen LogP contribution < -0.4 is 5.32 Å². The molecule has 3 saturated heterocycles. The Balaban J connectivity index is 1.36. The molecule has 9 nitrogen and oxygen atoms in total. The summed E-state index contributed by atoms with van der Waals surface area (Å²) < 4.78 is 40.3. The van der Waals surface area contributed by atoms with Gasteiger partial charge in [-0.05, 0) is 57.8 Å². The van der Waals surface area contributed by atoms with Crippen LogP contribution >= 0.6 is 0 Å². The number of nitrogens with zero attached hydrogens (tertiary/aromatic N) is 2. The number of β-amino-alcohol motifs (C(OH)–C–C–N with tert-alkyl or cyclic N) is 1. The molecule has 4 atom stereocenters. The third-order valence-electron chi connectivity index (χ3n) is 7.17. The second-order valence-electron chi connectivity index (χ2n) is 9.98. The second-order valence-corrected chi connectivity index (χ2v) is 11.9. The molecule has 0 spiro atoms. The number of aryl methyl sites for hydroxylation is 1. The topological polar surface area (TPSA) is 108 Å². The van der Waals surface area contributed by atoms with E-state index in [2.05, 4.69) is 10.2 Å². The molecule has 0 radical (unpaired) electrons. The van der Waals surface area contributed by atoms with Gasteiger partial charge in [0.25, 0.3) is 0 Å². The zero-order chi connectivity index (χ0) is 24.8. The van der Waals surface area contributed by atoms with Gasteiger partial charge in [-0.3, -0.25) is 4.79 Å². The second kappa shape index (κ2) is 12.1. The molecule has 0 saturated carbocycles. The molecule has 4 rings (SSSR count). The Kier molecular flexibility index (Phi) is 9.18. The number of likely N-dealkylation sites (tertiary alicyclic amines) is 1. The van der Waals surface area contributed by atoms with Gasteiger partial charge < -0.3 is 24.8 Å². The molecule has 1 aromatic carbocycles. The quantitative estimate of drug-likeness (QED) is 0.570. The van der Waals surface area contributed by atoms with Crippen molar-refractivity contribution in [2.24, 2.45) is 0 Å². The van der Waals surface area contributed by atoms with Crippen LogP contribution in [0.2, 0.25) is 0 Å². The summed E-state index contributed by atoms with van der Waals surface area (Å²) in [6.45, 7) is 5.75. The summed E-state index contributed by atoms with van der Waals surface area (Å²) in [5, 5.41) is 13.4. The monoisotopic (exact) mass is 509 g/mol. The minimum Gasteiger partial charge on any atom is -0.389 e. The fourth-order valence-electron chi connectivity index (χ4n) is 5.23. The first-order valence-electron chi connectivity index (χ1n) is 12.8. The van der Waals surface area contributed by atoms with E-state index in [1.807, 2.05) is 6.92 Å². The van der Waals surface area contributed by atoms with Gasteiger partial charge in [0.05, 0.1) is 48.9 Å². The number of benzene rings is 1. The van der Waals surface area contributed by atoms with Crippen molar-refractivity contribution in [3.05, 3.63) is 29.8 Å². The summed E-state index contributed by atoms with van der Waals surface area (Å²) in [6, 6.07) is 6.27. The van der Waals surface area contributed by atoms with Crippen LogP contribution in [0.15, 0.2) is 29.2 Å². The molecule has 0 aliphatic carbocycles. The van der Waals surface area contributed by atoms with Gasteiger partial charge in [-0.15, -0.1) is 0 Å². The number of amides is 1. The summed E-state index contributed by atoms with van der Waals surface area (Å²) in [6.07, 6.45) is 3.39. The molecule has 3 aliphatic heterocycles. The van der Waals surface area contributed by atoms with Crippen LogP contribution in [0.5, 0.6) is 0 Å².